The Bertz CT molecular complexity index is 1140. The lowest BCUT2D eigenvalue weighted by Crippen LogP contribution is -2.35. The Balaban J connectivity index is 1.94. The second kappa shape index (κ2) is 7.06. The summed E-state index contributed by atoms with van der Waals surface area (Å²) in [5.41, 5.74) is 1.27. The Hall–Kier alpha value is -1.83. The van der Waals surface area contributed by atoms with Gasteiger partial charge in [-0.3, -0.25) is 9.36 Å². The monoisotopic (exact) mass is 402 g/mol. The average molecular weight is 403 g/mol. The van der Waals surface area contributed by atoms with Crippen LogP contribution in [0.1, 0.15) is 18.9 Å². The lowest BCUT2D eigenvalue weighted by molar-refractivity contribution is -0.690. The van der Waals surface area contributed by atoms with Crippen LogP contribution in [0.25, 0.3) is 11.1 Å². The number of hydrogen-bond donors (Lipinski definition) is 0. The van der Waals surface area contributed by atoms with Crippen molar-refractivity contribution < 1.29 is 4.57 Å². The number of anilines is 1. The minimum Gasteiger partial charge on any atom is -0.337 e. The SMILES string of the molecule is CCn1c(=O)/c(=C2\Sc3ccccc3N2C)s/c1=C\c1scc[n+]1CC. The molecule has 0 aliphatic carbocycles. The van der Waals surface area contributed by atoms with Gasteiger partial charge in [0.15, 0.2) is 6.20 Å². The predicted molar refractivity (Wildman–Crippen MR) is 111 cm³/mol. The summed E-state index contributed by atoms with van der Waals surface area (Å²) in [6, 6.07) is 8.29. The van der Waals surface area contributed by atoms with E-state index in [-0.39, 0.29) is 5.56 Å². The van der Waals surface area contributed by atoms with Crippen LogP contribution >= 0.6 is 34.4 Å². The zero-order chi connectivity index (χ0) is 18.3. The Morgan fingerprint density at radius 3 is 2.77 bits per heavy atom. The summed E-state index contributed by atoms with van der Waals surface area (Å²) in [6.45, 7) is 5.76. The van der Waals surface area contributed by atoms with Gasteiger partial charge in [0.1, 0.15) is 20.8 Å². The number of aromatic nitrogens is 2. The summed E-state index contributed by atoms with van der Waals surface area (Å²) in [5.74, 6) is 0. The van der Waals surface area contributed by atoms with Crippen molar-refractivity contribution in [1.29, 1.82) is 0 Å². The zero-order valence-corrected chi connectivity index (χ0v) is 17.4. The normalized spacial score (nSPS) is 16.4. The molecule has 134 valence electrons. The highest BCUT2D eigenvalue weighted by atomic mass is 32.2. The van der Waals surface area contributed by atoms with Gasteiger partial charge in [0, 0.05) is 18.5 Å². The number of hydrogen-bond acceptors (Lipinski definition) is 5. The molecule has 2 aromatic heterocycles. The molecule has 0 saturated carbocycles. The van der Waals surface area contributed by atoms with Gasteiger partial charge in [-0.2, -0.15) is 4.57 Å². The maximum absolute atomic E-state index is 13.1. The Morgan fingerprint density at radius 1 is 1.23 bits per heavy atom. The standard InChI is InChI=1S/C19H20N3OS3/c1-4-21-10-11-24-15(21)12-16-22(5-2)18(23)17(26-16)19-20(3)13-8-6-7-9-14(13)25-19/h6-12H,4-5H2,1-3H3/q+1/b19-17+. The second-order valence-electron chi connectivity index (χ2n) is 5.92. The van der Waals surface area contributed by atoms with E-state index in [1.807, 2.05) is 30.7 Å². The van der Waals surface area contributed by atoms with Gasteiger partial charge in [-0.1, -0.05) is 35.2 Å². The number of thioether (sulfide) groups is 1. The predicted octanol–water partition coefficient (Wildman–Crippen LogP) is 2.44. The first-order chi connectivity index (χ1) is 12.6. The zero-order valence-electron chi connectivity index (χ0n) is 14.9. The third-order valence-corrected chi connectivity index (χ3v) is 7.80. The third-order valence-electron chi connectivity index (χ3n) is 4.46. The van der Waals surface area contributed by atoms with Gasteiger partial charge in [-0.15, -0.1) is 11.3 Å². The summed E-state index contributed by atoms with van der Waals surface area (Å²) in [6.07, 6.45) is 4.23. The minimum absolute atomic E-state index is 0.102. The fraction of sp³-hybridized carbons (Fsp3) is 0.263. The molecule has 0 radical (unpaired) electrons. The van der Waals surface area contributed by atoms with Crippen LogP contribution in [-0.4, -0.2) is 11.6 Å². The lowest BCUT2D eigenvalue weighted by atomic mass is 10.3. The van der Waals surface area contributed by atoms with Gasteiger partial charge in [0.05, 0.1) is 17.1 Å². The molecule has 0 amide bonds. The maximum Gasteiger partial charge on any atom is 0.271 e. The topological polar surface area (TPSA) is 29.1 Å². The quantitative estimate of drug-likeness (QED) is 0.630. The molecular weight excluding hydrogens is 382 g/mol. The van der Waals surface area contributed by atoms with Crippen LogP contribution in [-0.2, 0) is 13.1 Å². The van der Waals surface area contributed by atoms with Crippen molar-refractivity contribution in [3.63, 3.8) is 0 Å². The van der Waals surface area contributed by atoms with Crippen LogP contribution in [0.15, 0.2) is 45.5 Å². The first-order valence-corrected chi connectivity index (χ1v) is 11.1. The molecule has 0 saturated heterocycles. The van der Waals surface area contributed by atoms with E-state index in [1.165, 1.54) is 9.90 Å². The van der Waals surface area contributed by atoms with Crippen molar-refractivity contribution in [2.24, 2.45) is 0 Å². The fourth-order valence-corrected chi connectivity index (χ4v) is 6.45. The number of rotatable bonds is 3. The van der Waals surface area contributed by atoms with Crippen molar-refractivity contribution in [2.75, 3.05) is 11.9 Å². The Kier molecular flexibility index (Phi) is 4.77. The van der Waals surface area contributed by atoms with Gasteiger partial charge < -0.3 is 4.90 Å². The molecule has 0 atom stereocenters. The van der Waals surface area contributed by atoms with Gasteiger partial charge >= 0.3 is 0 Å². The molecule has 3 heterocycles. The highest BCUT2D eigenvalue weighted by molar-refractivity contribution is 8.08. The van der Waals surface area contributed by atoms with Crippen molar-refractivity contribution in [3.05, 3.63) is 60.4 Å². The van der Waals surface area contributed by atoms with Crippen molar-refractivity contribution >= 4 is 51.2 Å². The van der Waals surface area contributed by atoms with Gasteiger partial charge in [0.2, 0.25) is 0 Å². The van der Waals surface area contributed by atoms with Crippen LogP contribution in [0.3, 0.4) is 0 Å². The highest BCUT2D eigenvalue weighted by Gasteiger charge is 2.24. The molecule has 26 heavy (non-hydrogen) atoms. The van der Waals surface area contributed by atoms with E-state index in [4.69, 9.17) is 0 Å². The van der Waals surface area contributed by atoms with Crippen molar-refractivity contribution in [2.45, 2.75) is 31.8 Å². The molecule has 1 aromatic carbocycles. The van der Waals surface area contributed by atoms with Gasteiger partial charge in [-0.05, 0) is 26.0 Å². The summed E-state index contributed by atoms with van der Waals surface area (Å²) in [4.78, 5) is 16.4. The number of nitrogens with zero attached hydrogens (tertiary/aromatic N) is 3. The van der Waals surface area contributed by atoms with E-state index in [0.717, 1.165) is 26.5 Å². The molecular formula is C19H20N3OS3+. The molecule has 3 aromatic rings. The van der Waals surface area contributed by atoms with Crippen LogP contribution in [0.4, 0.5) is 5.69 Å². The molecule has 0 N–H and O–H groups in total. The smallest absolute Gasteiger partial charge is 0.271 e. The molecule has 0 unspecified atom stereocenters. The van der Waals surface area contributed by atoms with Gasteiger partial charge in [-0.25, -0.2) is 0 Å². The first-order valence-electron chi connectivity index (χ1n) is 8.57. The number of fused-ring (bicyclic) bond motifs is 1. The second-order valence-corrected chi connectivity index (χ2v) is 8.91. The Labute approximate surface area is 164 Å². The number of para-hydroxylation sites is 1. The van der Waals surface area contributed by atoms with Crippen LogP contribution < -0.4 is 24.2 Å². The molecule has 4 rings (SSSR count). The molecule has 1 aliphatic rings. The van der Waals surface area contributed by atoms with E-state index >= 15 is 0 Å². The van der Waals surface area contributed by atoms with E-state index in [1.54, 1.807) is 34.4 Å². The van der Waals surface area contributed by atoms with E-state index in [0.29, 0.717) is 6.54 Å². The highest BCUT2D eigenvalue weighted by Crippen LogP contribution is 2.44. The van der Waals surface area contributed by atoms with Gasteiger partial charge in [0.25, 0.3) is 10.6 Å². The van der Waals surface area contributed by atoms with Crippen molar-refractivity contribution in [3.8, 4) is 0 Å². The summed E-state index contributed by atoms with van der Waals surface area (Å²) >= 11 is 4.97. The maximum atomic E-state index is 13.1. The van der Waals surface area contributed by atoms with Crippen LogP contribution in [0.2, 0.25) is 0 Å². The van der Waals surface area contributed by atoms with Crippen LogP contribution in [0.5, 0.6) is 0 Å². The lowest BCUT2D eigenvalue weighted by Gasteiger charge is -2.11. The minimum atomic E-state index is 0.102. The summed E-state index contributed by atoms with van der Waals surface area (Å²) in [5, 5.41) is 4.28. The van der Waals surface area contributed by atoms with E-state index < -0.39 is 0 Å². The molecule has 0 spiro atoms. The number of thiazole rings is 2. The number of aryl methyl sites for hydroxylation is 1. The molecule has 1 aliphatic heterocycles. The van der Waals surface area contributed by atoms with E-state index in [2.05, 4.69) is 46.2 Å². The molecule has 7 heteroatoms. The molecule has 4 nitrogen and oxygen atoms in total. The number of benzene rings is 1. The van der Waals surface area contributed by atoms with Crippen molar-refractivity contribution in [1.82, 2.24) is 4.57 Å². The average Bonchev–Trinajstić information content (AvgIpc) is 3.32. The first kappa shape index (κ1) is 17.6. The Morgan fingerprint density at radius 2 is 2.04 bits per heavy atom. The molecule has 0 fully saturated rings. The molecule has 0 bridgehead atoms. The summed E-state index contributed by atoms with van der Waals surface area (Å²) in [7, 11) is 2.04. The third kappa shape index (κ3) is 2.84. The summed E-state index contributed by atoms with van der Waals surface area (Å²) < 4.78 is 5.91. The van der Waals surface area contributed by atoms with E-state index in [9.17, 15) is 4.79 Å². The largest absolute Gasteiger partial charge is 0.337 e. The fourth-order valence-electron chi connectivity index (χ4n) is 3.07. The van der Waals surface area contributed by atoms with Crippen LogP contribution in [0, 0.1) is 0 Å².